The Kier molecular flexibility index (Phi) is 12.1. The molecular formula is C36H37Cl2F3N8O3. The van der Waals surface area contributed by atoms with Gasteiger partial charge in [-0.15, -0.1) is 0 Å². The van der Waals surface area contributed by atoms with Crippen LogP contribution < -0.4 is 26.0 Å². The Balaban J connectivity index is 1.18. The largest absolute Gasteiger partial charge is 0.417 e. The van der Waals surface area contributed by atoms with Gasteiger partial charge in [0.25, 0.3) is 0 Å². The van der Waals surface area contributed by atoms with Crippen LogP contribution in [-0.4, -0.2) is 70.0 Å². The Morgan fingerprint density at radius 1 is 1.00 bits per heavy atom. The van der Waals surface area contributed by atoms with E-state index in [0.717, 1.165) is 12.8 Å². The van der Waals surface area contributed by atoms with Gasteiger partial charge in [0.2, 0.25) is 17.7 Å². The minimum absolute atomic E-state index is 0.0162. The monoisotopic (exact) mass is 756 g/mol. The highest BCUT2D eigenvalue weighted by Crippen LogP contribution is 2.41. The van der Waals surface area contributed by atoms with Crippen LogP contribution in [0, 0.1) is 5.82 Å². The molecule has 0 radical (unpaired) electrons. The normalized spacial score (nSPS) is 16.3. The van der Waals surface area contributed by atoms with E-state index in [1.54, 1.807) is 49.4 Å². The SMILES string of the molecule is CC(=O)N1CCC(NCc2ccnc(Nc3cccc(-c4nccc(-c5ccc(CNC[C@H]6CCC(=O)N6)c(OC(F)F)n5)c4Cl)c3Cl)c2F)CC1. The number of anilines is 2. The molecule has 2 fully saturated rings. The first-order valence-electron chi connectivity index (χ1n) is 16.8. The maximum Gasteiger partial charge on any atom is 0.388 e. The maximum absolute atomic E-state index is 15.7. The third kappa shape index (κ3) is 8.92. The smallest absolute Gasteiger partial charge is 0.388 e. The molecule has 0 spiro atoms. The Morgan fingerprint density at radius 2 is 1.79 bits per heavy atom. The number of benzene rings is 1. The predicted octanol–water partition coefficient (Wildman–Crippen LogP) is 6.47. The number of nitrogens with one attached hydrogen (secondary N) is 4. The molecule has 16 heteroatoms. The van der Waals surface area contributed by atoms with E-state index >= 15 is 4.39 Å². The second-order valence-electron chi connectivity index (χ2n) is 12.6. The van der Waals surface area contributed by atoms with E-state index in [2.05, 4.69) is 36.2 Å². The fourth-order valence-electron chi connectivity index (χ4n) is 6.28. The molecule has 2 saturated heterocycles. The van der Waals surface area contributed by atoms with Crippen LogP contribution >= 0.6 is 23.2 Å². The van der Waals surface area contributed by atoms with Crippen molar-refractivity contribution in [2.75, 3.05) is 25.0 Å². The summed E-state index contributed by atoms with van der Waals surface area (Å²) in [5, 5.41) is 12.7. The van der Waals surface area contributed by atoms with Crippen molar-refractivity contribution in [2.24, 2.45) is 0 Å². The number of rotatable bonds is 13. The van der Waals surface area contributed by atoms with Gasteiger partial charge in [0.05, 0.1) is 27.1 Å². The third-order valence-electron chi connectivity index (χ3n) is 9.09. The van der Waals surface area contributed by atoms with Crippen LogP contribution in [0.5, 0.6) is 5.88 Å². The molecule has 1 aromatic carbocycles. The Labute approximate surface area is 308 Å². The standard InChI is InChI=1S/C36H37Cl2F3N8O3/c1-20(50)49-15-11-23(12-16-49)45-18-21-9-13-44-34(32(21)39)47-28-4-2-3-26(30(28)37)33-31(38)25(10-14-43-33)27-7-5-22(35(48-27)52-36(40)41)17-42-19-24-6-8-29(51)46-24/h2-5,7,9-10,13-14,23-24,36,42,45H,6,8,11-12,15-19H2,1H3,(H,44,47)(H,46,51)/t24-/m1/s1. The lowest BCUT2D eigenvalue weighted by Gasteiger charge is -2.31. The highest BCUT2D eigenvalue weighted by Gasteiger charge is 2.23. The summed E-state index contributed by atoms with van der Waals surface area (Å²) in [6.45, 7) is 0.699. The topological polar surface area (TPSA) is 133 Å². The second kappa shape index (κ2) is 16.9. The molecule has 6 rings (SSSR count). The first kappa shape index (κ1) is 37.3. The van der Waals surface area contributed by atoms with Crippen LogP contribution in [0.15, 0.2) is 54.9 Å². The minimum atomic E-state index is -3.11. The number of aromatic nitrogens is 3. The molecule has 1 atom stereocenters. The number of hydrogen-bond acceptors (Lipinski definition) is 9. The number of nitrogens with zero attached hydrogens (tertiary/aromatic N) is 4. The summed E-state index contributed by atoms with van der Waals surface area (Å²) >= 11 is 13.7. The number of carbonyl (C=O) groups excluding carboxylic acids is 2. The van der Waals surface area contributed by atoms with Gasteiger partial charge in [0.1, 0.15) is 0 Å². The van der Waals surface area contributed by atoms with Crippen LogP contribution in [-0.2, 0) is 22.7 Å². The zero-order chi connectivity index (χ0) is 36.8. The van der Waals surface area contributed by atoms with E-state index in [-0.39, 0.29) is 70.1 Å². The molecule has 0 saturated carbocycles. The van der Waals surface area contributed by atoms with Gasteiger partial charge in [-0.25, -0.2) is 14.4 Å². The average molecular weight is 758 g/mol. The lowest BCUT2D eigenvalue weighted by Crippen LogP contribution is -2.44. The van der Waals surface area contributed by atoms with Crippen LogP contribution in [0.1, 0.15) is 43.7 Å². The van der Waals surface area contributed by atoms with Crippen molar-refractivity contribution >= 4 is 46.5 Å². The molecule has 0 unspecified atom stereocenters. The summed E-state index contributed by atoms with van der Waals surface area (Å²) in [6.07, 6.45) is 5.72. The summed E-state index contributed by atoms with van der Waals surface area (Å²) in [6, 6.07) is 11.7. The van der Waals surface area contributed by atoms with Gasteiger partial charge < -0.3 is 30.9 Å². The summed E-state index contributed by atoms with van der Waals surface area (Å²) in [7, 11) is 0. The predicted molar refractivity (Wildman–Crippen MR) is 192 cm³/mol. The molecule has 2 aliphatic rings. The first-order valence-corrected chi connectivity index (χ1v) is 17.6. The molecule has 0 aliphatic carbocycles. The molecule has 2 aliphatic heterocycles. The zero-order valence-electron chi connectivity index (χ0n) is 28.2. The number of pyridine rings is 3. The molecule has 0 bridgehead atoms. The fourth-order valence-corrected chi connectivity index (χ4v) is 6.85. The van der Waals surface area contributed by atoms with E-state index in [1.165, 1.54) is 12.4 Å². The number of hydrogen-bond donors (Lipinski definition) is 4. The average Bonchev–Trinajstić information content (AvgIpc) is 3.54. The third-order valence-corrected chi connectivity index (χ3v) is 9.88. The van der Waals surface area contributed by atoms with Gasteiger partial charge in [-0.1, -0.05) is 41.4 Å². The Morgan fingerprint density at radius 3 is 2.52 bits per heavy atom. The van der Waals surface area contributed by atoms with E-state index in [1.807, 2.05) is 4.90 Å². The van der Waals surface area contributed by atoms with Gasteiger partial charge in [0, 0.05) is 92.8 Å². The Bertz CT molecular complexity index is 1930. The number of ether oxygens (including phenoxy) is 1. The van der Waals surface area contributed by atoms with Crippen molar-refractivity contribution in [1.82, 2.24) is 35.8 Å². The lowest BCUT2D eigenvalue weighted by atomic mass is 10.0. The van der Waals surface area contributed by atoms with E-state index < -0.39 is 12.4 Å². The highest BCUT2D eigenvalue weighted by molar-refractivity contribution is 6.39. The maximum atomic E-state index is 15.7. The summed E-state index contributed by atoms with van der Waals surface area (Å²) in [5.74, 6) is -0.778. The first-order chi connectivity index (χ1) is 25.1. The van der Waals surface area contributed by atoms with Crippen LogP contribution in [0.2, 0.25) is 10.0 Å². The number of alkyl halides is 2. The minimum Gasteiger partial charge on any atom is -0.417 e. The zero-order valence-corrected chi connectivity index (χ0v) is 29.7. The molecule has 11 nitrogen and oxygen atoms in total. The van der Waals surface area contributed by atoms with Crippen LogP contribution in [0.3, 0.4) is 0 Å². The van der Waals surface area contributed by atoms with Crippen molar-refractivity contribution in [2.45, 2.75) is 64.4 Å². The number of carbonyl (C=O) groups is 2. The number of amides is 2. The van der Waals surface area contributed by atoms with Crippen molar-refractivity contribution in [1.29, 1.82) is 0 Å². The molecule has 4 N–H and O–H groups in total. The molecule has 4 aromatic rings. The number of piperidine rings is 1. The quantitative estimate of drug-likeness (QED) is 0.121. The molecular weight excluding hydrogens is 720 g/mol. The molecule has 52 heavy (non-hydrogen) atoms. The molecule has 274 valence electrons. The van der Waals surface area contributed by atoms with Crippen molar-refractivity contribution < 1.29 is 27.5 Å². The summed E-state index contributed by atoms with van der Waals surface area (Å²) in [4.78, 5) is 37.9. The Hall–Kier alpha value is -4.50. The summed E-state index contributed by atoms with van der Waals surface area (Å²) < 4.78 is 47.3. The van der Waals surface area contributed by atoms with Crippen molar-refractivity contribution in [3.8, 4) is 28.4 Å². The van der Waals surface area contributed by atoms with Crippen molar-refractivity contribution in [3.63, 3.8) is 0 Å². The number of halogens is 5. The van der Waals surface area contributed by atoms with Crippen LogP contribution in [0.25, 0.3) is 22.5 Å². The lowest BCUT2D eigenvalue weighted by molar-refractivity contribution is -0.130. The van der Waals surface area contributed by atoms with Gasteiger partial charge in [-0.2, -0.15) is 8.78 Å². The van der Waals surface area contributed by atoms with Gasteiger partial charge >= 0.3 is 6.61 Å². The fraction of sp³-hybridized carbons (Fsp3) is 0.361. The van der Waals surface area contributed by atoms with Crippen LogP contribution in [0.4, 0.5) is 24.7 Å². The second-order valence-corrected chi connectivity index (χ2v) is 13.3. The summed E-state index contributed by atoms with van der Waals surface area (Å²) in [5.41, 5.74) is 2.56. The van der Waals surface area contributed by atoms with Gasteiger partial charge in [-0.05, 0) is 43.5 Å². The van der Waals surface area contributed by atoms with Crippen molar-refractivity contribution in [3.05, 3.63) is 81.8 Å². The highest BCUT2D eigenvalue weighted by atomic mass is 35.5. The van der Waals surface area contributed by atoms with Gasteiger partial charge in [0.15, 0.2) is 11.6 Å². The van der Waals surface area contributed by atoms with E-state index in [0.29, 0.717) is 60.4 Å². The van der Waals surface area contributed by atoms with E-state index in [4.69, 9.17) is 27.9 Å². The van der Waals surface area contributed by atoms with Gasteiger partial charge in [-0.3, -0.25) is 14.6 Å². The molecule has 2 amide bonds. The molecule has 5 heterocycles. The number of likely N-dealkylation sites (tertiary alicyclic amines) is 1. The molecule has 3 aromatic heterocycles. The van der Waals surface area contributed by atoms with E-state index in [9.17, 15) is 18.4 Å².